The van der Waals surface area contributed by atoms with Crippen LogP contribution < -0.4 is 4.90 Å². The van der Waals surface area contributed by atoms with E-state index in [0.29, 0.717) is 24.7 Å². The highest BCUT2D eigenvalue weighted by atomic mass is 16.5. The molecule has 0 aliphatic carbocycles. The standard InChI is InChI=1S/C16H19N7O/c1-2-7-22(8-3-1)14-5-4-13(10-18-14)16-20-15(24-21-16)6-9-23-12-17-11-19-23/h4-5,10-12H,1-3,6-9H2. The third-order valence-electron chi connectivity index (χ3n) is 4.18. The summed E-state index contributed by atoms with van der Waals surface area (Å²) < 4.78 is 7.04. The van der Waals surface area contributed by atoms with Crippen molar-refractivity contribution in [3.05, 3.63) is 36.9 Å². The predicted octanol–water partition coefficient (Wildman–Crippen LogP) is 1.96. The zero-order valence-electron chi connectivity index (χ0n) is 13.4. The Kier molecular flexibility index (Phi) is 4.18. The summed E-state index contributed by atoms with van der Waals surface area (Å²) in [5.41, 5.74) is 0.867. The maximum Gasteiger partial charge on any atom is 0.228 e. The van der Waals surface area contributed by atoms with Gasteiger partial charge < -0.3 is 9.42 Å². The van der Waals surface area contributed by atoms with Crippen molar-refractivity contribution >= 4 is 5.82 Å². The van der Waals surface area contributed by atoms with E-state index < -0.39 is 0 Å². The first-order valence-corrected chi connectivity index (χ1v) is 8.25. The smallest absolute Gasteiger partial charge is 0.228 e. The maximum atomic E-state index is 5.30. The number of hydrogen-bond acceptors (Lipinski definition) is 7. The van der Waals surface area contributed by atoms with Crippen molar-refractivity contribution in [1.29, 1.82) is 0 Å². The molecule has 0 aromatic carbocycles. The van der Waals surface area contributed by atoms with Gasteiger partial charge in [-0.3, -0.25) is 4.68 Å². The van der Waals surface area contributed by atoms with Gasteiger partial charge in [0.05, 0.1) is 6.54 Å². The predicted molar refractivity (Wildman–Crippen MR) is 87.3 cm³/mol. The van der Waals surface area contributed by atoms with Crippen LogP contribution in [0.5, 0.6) is 0 Å². The van der Waals surface area contributed by atoms with Crippen molar-refractivity contribution in [3.8, 4) is 11.4 Å². The van der Waals surface area contributed by atoms with Crippen LogP contribution in [-0.2, 0) is 13.0 Å². The molecule has 124 valence electrons. The van der Waals surface area contributed by atoms with E-state index in [9.17, 15) is 0 Å². The molecule has 1 aliphatic rings. The zero-order valence-corrected chi connectivity index (χ0v) is 13.4. The number of anilines is 1. The molecule has 0 unspecified atom stereocenters. The molecule has 8 nitrogen and oxygen atoms in total. The summed E-state index contributed by atoms with van der Waals surface area (Å²) in [6.07, 6.45) is 9.41. The van der Waals surface area contributed by atoms with Crippen molar-refractivity contribution in [2.24, 2.45) is 0 Å². The summed E-state index contributed by atoms with van der Waals surface area (Å²) in [5.74, 6) is 2.18. The number of piperidine rings is 1. The van der Waals surface area contributed by atoms with Gasteiger partial charge in [0, 0.05) is 31.3 Å². The monoisotopic (exact) mass is 325 g/mol. The fourth-order valence-electron chi connectivity index (χ4n) is 2.86. The minimum Gasteiger partial charge on any atom is -0.357 e. The van der Waals surface area contributed by atoms with Crippen LogP contribution in [0.1, 0.15) is 25.2 Å². The van der Waals surface area contributed by atoms with Gasteiger partial charge in [-0.2, -0.15) is 10.1 Å². The minimum absolute atomic E-state index is 0.571. The normalized spacial score (nSPS) is 14.9. The average molecular weight is 325 g/mol. The molecule has 3 aromatic rings. The largest absolute Gasteiger partial charge is 0.357 e. The fourth-order valence-corrected chi connectivity index (χ4v) is 2.86. The van der Waals surface area contributed by atoms with Gasteiger partial charge in [-0.05, 0) is 31.4 Å². The highest BCUT2D eigenvalue weighted by Crippen LogP contribution is 2.21. The summed E-state index contributed by atoms with van der Waals surface area (Å²) in [6, 6.07) is 4.04. The topological polar surface area (TPSA) is 85.8 Å². The number of aryl methyl sites for hydroxylation is 2. The highest BCUT2D eigenvalue weighted by Gasteiger charge is 2.13. The molecular formula is C16H19N7O. The highest BCUT2D eigenvalue weighted by molar-refractivity contribution is 5.55. The van der Waals surface area contributed by atoms with E-state index in [4.69, 9.17) is 4.52 Å². The van der Waals surface area contributed by atoms with Crippen LogP contribution in [0.25, 0.3) is 11.4 Å². The molecule has 4 heterocycles. The Labute approximate surface area is 139 Å². The van der Waals surface area contributed by atoms with Crippen LogP contribution in [0.4, 0.5) is 5.82 Å². The lowest BCUT2D eigenvalue weighted by atomic mass is 10.1. The number of rotatable bonds is 5. The number of nitrogens with zero attached hydrogens (tertiary/aromatic N) is 7. The second-order valence-electron chi connectivity index (χ2n) is 5.87. The lowest BCUT2D eigenvalue weighted by Crippen LogP contribution is -2.29. The summed E-state index contributed by atoms with van der Waals surface area (Å²) >= 11 is 0. The molecular weight excluding hydrogens is 306 g/mol. The third kappa shape index (κ3) is 3.27. The first-order chi connectivity index (χ1) is 11.9. The van der Waals surface area contributed by atoms with Crippen LogP contribution in [0.2, 0.25) is 0 Å². The molecule has 0 atom stereocenters. The number of hydrogen-bond donors (Lipinski definition) is 0. The molecule has 0 radical (unpaired) electrons. The third-order valence-corrected chi connectivity index (χ3v) is 4.18. The van der Waals surface area contributed by atoms with Crippen molar-refractivity contribution in [1.82, 2.24) is 29.9 Å². The van der Waals surface area contributed by atoms with Crippen molar-refractivity contribution in [2.75, 3.05) is 18.0 Å². The molecule has 0 spiro atoms. The van der Waals surface area contributed by atoms with Crippen LogP contribution in [0.15, 0.2) is 35.5 Å². The summed E-state index contributed by atoms with van der Waals surface area (Å²) in [6.45, 7) is 2.83. The van der Waals surface area contributed by atoms with E-state index in [-0.39, 0.29) is 0 Å². The Morgan fingerprint density at radius 2 is 2.04 bits per heavy atom. The van der Waals surface area contributed by atoms with Gasteiger partial charge in [0.25, 0.3) is 0 Å². The van der Waals surface area contributed by atoms with E-state index in [2.05, 4.69) is 30.1 Å². The molecule has 3 aromatic heterocycles. The fraction of sp³-hybridized carbons (Fsp3) is 0.438. The Morgan fingerprint density at radius 3 is 2.79 bits per heavy atom. The zero-order chi connectivity index (χ0) is 16.2. The molecule has 0 bridgehead atoms. The molecule has 1 saturated heterocycles. The van der Waals surface area contributed by atoms with Crippen molar-refractivity contribution < 1.29 is 4.52 Å². The Morgan fingerprint density at radius 1 is 1.12 bits per heavy atom. The van der Waals surface area contributed by atoms with Crippen molar-refractivity contribution in [3.63, 3.8) is 0 Å². The lowest BCUT2D eigenvalue weighted by molar-refractivity contribution is 0.369. The molecule has 1 fully saturated rings. The van der Waals surface area contributed by atoms with E-state index >= 15 is 0 Å². The molecule has 4 rings (SSSR count). The van der Waals surface area contributed by atoms with Gasteiger partial charge >= 0.3 is 0 Å². The summed E-state index contributed by atoms with van der Waals surface area (Å²) in [7, 11) is 0. The number of aromatic nitrogens is 6. The molecule has 0 saturated carbocycles. The average Bonchev–Trinajstić information content (AvgIpc) is 3.33. The van der Waals surface area contributed by atoms with E-state index in [1.165, 1.54) is 25.6 Å². The molecule has 24 heavy (non-hydrogen) atoms. The van der Waals surface area contributed by atoms with Gasteiger partial charge in [0.1, 0.15) is 18.5 Å². The molecule has 1 aliphatic heterocycles. The Hall–Kier alpha value is -2.77. The Bertz CT molecular complexity index is 760. The first-order valence-electron chi connectivity index (χ1n) is 8.25. The SMILES string of the molecule is c1ncn(CCc2nc(-c3ccc(N4CCCCC4)nc3)no2)n1. The van der Waals surface area contributed by atoms with Crippen LogP contribution in [0.3, 0.4) is 0 Å². The molecule has 8 heteroatoms. The van der Waals surface area contributed by atoms with Gasteiger partial charge in [-0.15, -0.1) is 0 Å². The maximum absolute atomic E-state index is 5.30. The molecule has 0 N–H and O–H groups in total. The summed E-state index contributed by atoms with van der Waals surface area (Å²) in [4.78, 5) is 15.2. The minimum atomic E-state index is 0.571. The van der Waals surface area contributed by atoms with Gasteiger partial charge in [-0.1, -0.05) is 5.16 Å². The van der Waals surface area contributed by atoms with Crippen LogP contribution >= 0.6 is 0 Å². The van der Waals surface area contributed by atoms with Crippen LogP contribution in [-0.4, -0.2) is 43.0 Å². The lowest BCUT2D eigenvalue weighted by Gasteiger charge is -2.27. The second kappa shape index (κ2) is 6.77. The van der Waals surface area contributed by atoms with Crippen molar-refractivity contribution in [2.45, 2.75) is 32.2 Å². The first kappa shape index (κ1) is 14.8. The van der Waals surface area contributed by atoms with Gasteiger partial charge in [0.15, 0.2) is 0 Å². The van der Waals surface area contributed by atoms with Crippen LogP contribution in [0, 0.1) is 0 Å². The summed E-state index contributed by atoms with van der Waals surface area (Å²) in [5, 5.41) is 8.09. The van der Waals surface area contributed by atoms with E-state index in [1.54, 1.807) is 11.0 Å². The Balaban J connectivity index is 1.42. The number of pyridine rings is 1. The van der Waals surface area contributed by atoms with Gasteiger partial charge in [-0.25, -0.2) is 9.97 Å². The second-order valence-corrected chi connectivity index (χ2v) is 5.87. The van der Waals surface area contributed by atoms with E-state index in [0.717, 1.165) is 24.5 Å². The quantitative estimate of drug-likeness (QED) is 0.708. The van der Waals surface area contributed by atoms with Gasteiger partial charge in [0.2, 0.25) is 11.7 Å². The van der Waals surface area contributed by atoms with E-state index in [1.807, 2.05) is 18.3 Å². The molecule has 0 amide bonds.